The van der Waals surface area contributed by atoms with Gasteiger partial charge in [0.25, 0.3) is 0 Å². The molecule has 0 spiro atoms. The van der Waals surface area contributed by atoms with E-state index in [2.05, 4.69) is 6.07 Å². The number of rotatable bonds is 0. The van der Waals surface area contributed by atoms with E-state index < -0.39 is 0 Å². The Morgan fingerprint density at radius 3 is 1.43 bits per heavy atom. The maximum Gasteiger partial charge on any atom is 0.0680 e. The molecule has 0 fully saturated rings. The maximum atomic E-state index is 8.15. The lowest BCUT2D eigenvalue weighted by Crippen LogP contribution is -1.97. The SMILES string of the molecule is C.CC(C)(C)C#N. The average Bonchev–Trinajstić information content (AvgIpc) is 1.35. The van der Waals surface area contributed by atoms with Crippen LogP contribution < -0.4 is 0 Å². The van der Waals surface area contributed by atoms with Crippen molar-refractivity contribution in [3.8, 4) is 6.07 Å². The molecule has 42 valence electrons. The van der Waals surface area contributed by atoms with Crippen molar-refractivity contribution >= 4 is 0 Å². The van der Waals surface area contributed by atoms with Crippen molar-refractivity contribution in [2.45, 2.75) is 28.2 Å². The molecule has 0 atom stereocenters. The quantitative estimate of drug-likeness (QED) is 0.456. The van der Waals surface area contributed by atoms with Gasteiger partial charge < -0.3 is 0 Å². The molecule has 1 nitrogen and oxygen atoms in total. The summed E-state index contributed by atoms with van der Waals surface area (Å²) in [4.78, 5) is 0. The van der Waals surface area contributed by atoms with Gasteiger partial charge in [-0.25, -0.2) is 0 Å². The largest absolute Gasteiger partial charge is 0.198 e. The molecule has 0 radical (unpaired) electrons. The van der Waals surface area contributed by atoms with E-state index in [0.717, 1.165) is 0 Å². The summed E-state index contributed by atoms with van der Waals surface area (Å²) in [7, 11) is 0. The van der Waals surface area contributed by atoms with Gasteiger partial charge in [-0.3, -0.25) is 0 Å². The van der Waals surface area contributed by atoms with Crippen molar-refractivity contribution in [2.75, 3.05) is 0 Å². The Labute approximate surface area is 46.0 Å². The molecule has 0 saturated carbocycles. The zero-order chi connectivity index (χ0) is 5.21. The molecule has 0 aromatic heterocycles. The third kappa shape index (κ3) is 10.8. The number of nitrogens with zero attached hydrogens (tertiary/aromatic N) is 1. The predicted molar refractivity (Wildman–Crippen MR) is 31.8 cm³/mol. The lowest BCUT2D eigenvalue weighted by molar-refractivity contribution is 0.561. The van der Waals surface area contributed by atoms with Crippen LogP contribution in [0, 0.1) is 16.7 Å². The van der Waals surface area contributed by atoms with Gasteiger partial charge >= 0.3 is 0 Å². The van der Waals surface area contributed by atoms with E-state index in [-0.39, 0.29) is 12.8 Å². The highest BCUT2D eigenvalue weighted by Crippen LogP contribution is 2.08. The molecule has 0 bridgehead atoms. The summed E-state index contributed by atoms with van der Waals surface area (Å²) >= 11 is 0. The summed E-state index contributed by atoms with van der Waals surface area (Å²) in [6.45, 7) is 5.65. The first-order valence-corrected chi connectivity index (χ1v) is 1.97. The number of hydrogen-bond donors (Lipinski definition) is 0. The van der Waals surface area contributed by atoms with E-state index in [9.17, 15) is 0 Å². The molecule has 0 rings (SSSR count). The Balaban J connectivity index is 0. The van der Waals surface area contributed by atoms with Crippen LogP contribution in [-0.2, 0) is 0 Å². The number of hydrogen-bond acceptors (Lipinski definition) is 1. The van der Waals surface area contributed by atoms with Crippen molar-refractivity contribution in [1.29, 1.82) is 5.26 Å². The van der Waals surface area contributed by atoms with Crippen LogP contribution in [0.2, 0.25) is 0 Å². The van der Waals surface area contributed by atoms with Gasteiger partial charge in [0.05, 0.1) is 6.07 Å². The standard InChI is InChI=1S/C5H9N.CH4/c1-5(2,3)4-6;/h1-3H3;1H4. The van der Waals surface area contributed by atoms with Crippen LogP contribution in [0.25, 0.3) is 0 Å². The van der Waals surface area contributed by atoms with Gasteiger partial charge in [-0.15, -0.1) is 0 Å². The van der Waals surface area contributed by atoms with Crippen LogP contribution in [0.1, 0.15) is 28.2 Å². The van der Waals surface area contributed by atoms with E-state index in [0.29, 0.717) is 0 Å². The van der Waals surface area contributed by atoms with Gasteiger partial charge in [0, 0.05) is 5.41 Å². The van der Waals surface area contributed by atoms with E-state index >= 15 is 0 Å². The molecule has 0 N–H and O–H groups in total. The van der Waals surface area contributed by atoms with Crippen LogP contribution in [0.4, 0.5) is 0 Å². The fourth-order valence-electron chi connectivity index (χ4n) is 0. The van der Waals surface area contributed by atoms with Crippen LogP contribution >= 0.6 is 0 Å². The summed E-state index contributed by atoms with van der Waals surface area (Å²) < 4.78 is 0. The minimum atomic E-state index is -0.153. The molecular weight excluding hydrogens is 86.1 g/mol. The Kier molecular flexibility index (Phi) is 3.64. The van der Waals surface area contributed by atoms with Gasteiger partial charge in [-0.2, -0.15) is 5.26 Å². The number of nitriles is 1. The minimum Gasteiger partial charge on any atom is -0.198 e. The molecule has 0 aromatic carbocycles. The van der Waals surface area contributed by atoms with E-state index in [1.807, 2.05) is 20.8 Å². The predicted octanol–water partition coefficient (Wildman–Crippen LogP) is 2.19. The van der Waals surface area contributed by atoms with Crippen LogP contribution in [0.5, 0.6) is 0 Å². The third-order valence-corrected chi connectivity index (χ3v) is 0.335. The molecule has 0 aromatic rings. The normalized spacial score (nSPS) is 8.86. The van der Waals surface area contributed by atoms with Gasteiger partial charge in [0.2, 0.25) is 0 Å². The molecule has 0 unspecified atom stereocenters. The van der Waals surface area contributed by atoms with Gasteiger partial charge in [0.15, 0.2) is 0 Å². The Hall–Kier alpha value is -0.510. The maximum absolute atomic E-state index is 8.15. The summed E-state index contributed by atoms with van der Waals surface area (Å²) in [5, 5.41) is 8.15. The van der Waals surface area contributed by atoms with E-state index in [1.165, 1.54) is 0 Å². The monoisotopic (exact) mass is 99.1 g/mol. The second-order valence-electron chi connectivity index (χ2n) is 2.36. The fraction of sp³-hybridized carbons (Fsp3) is 0.833. The summed E-state index contributed by atoms with van der Waals surface area (Å²) in [5.74, 6) is 0. The second kappa shape index (κ2) is 2.63. The van der Waals surface area contributed by atoms with Crippen molar-refractivity contribution in [1.82, 2.24) is 0 Å². The van der Waals surface area contributed by atoms with Crippen LogP contribution in [-0.4, -0.2) is 0 Å². The lowest BCUT2D eigenvalue weighted by atomic mass is 10.0. The Morgan fingerprint density at radius 1 is 1.29 bits per heavy atom. The highest BCUT2D eigenvalue weighted by Gasteiger charge is 2.04. The highest BCUT2D eigenvalue weighted by atomic mass is 14.3. The minimum absolute atomic E-state index is 0. The molecule has 0 aliphatic rings. The first-order valence-electron chi connectivity index (χ1n) is 1.97. The van der Waals surface area contributed by atoms with Crippen LogP contribution in [0.3, 0.4) is 0 Å². The lowest BCUT2D eigenvalue weighted by Gasteiger charge is -2.01. The van der Waals surface area contributed by atoms with Crippen LogP contribution in [0.15, 0.2) is 0 Å². The molecule has 0 aliphatic carbocycles. The van der Waals surface area contributed by atoms with Gasteiger partial charge in [-0.05, 0) is 20.8 Å². The first-order chi connectivity index (χ1) is 2.56. The Morgan fingerprint density at radius 2 is 1.43 bits per heavy atom. The molecule has 0 heterocycles. The van der Waals surface area contributed by atoms with E-state index in [1.54, 1.807) is 0 Å². The summed E-state index contributed by atoms with van der Waals surface area (Å²) in [5.41, 5.74) is -0.153. The highest BCUT2D eigenvalue weighted by molar-refractivity contribution is 4.86. The molecule has 0 aliphatic heterocycles. The Bertz CT molecular complexity index is 71.2. The zero-order valence-electron chi connectivity index (χ0n) is 4.45. The van der Waals surface area contributed by atoms with Crippen molar-refractivity contribution in [3.63, 3.8) is 0 Å². The summed E-state index contributed by atoms with van der Waals surface area (Å²) in [6.07, 6.45) is 0. The smallest absolute Gasteiger partial charge is 0.0680 e. The van der Waals surface area contributed by atoms with Crippen molar-refractivity contribution in [3.05, 3.63) is 0 Å². The molecular formula is C6H13N. The second-order valence-corrected chi connectivity index (χ2v) is 2.36. The molecule has 0 saturated heterocycles. The molecule has 1 heteroatoms. The summed E-state index contributed by atoms with van der Waals surface area (Å²) in [6, 6.07) is 2.10. The molecule has 7 heavy (non-hydrogen) atoms. The molecule has 0 amide bonds. The van der Waals surface area contributed by atoms with Crippen molar-refractivity contribution in [2.24, 2.45) is 5.41 Å². The topological polar surface area (TPSA) is 23.8 Å². The average molecular weight is 99.2 g/mol. The van der Waals surface area contributed by atoms with Crippen molar-refractivity contribution < 1.29 is 0 Å². The third-order valence-electron chi connectivity index (χ3n) is 0.335. The van der Waals surface area contributed by atoms with Gasteiger partial charge in [0.1, 0.15) is 0 Å². The van der Waals surface area contributed by atoms with E-state index in [4.69, 9.17) is 5.26 Å². The van der Waals surface area contributed by atoms with Gasteiger partial charge in [-0.1, -0.05) is 7.43 Å². The zero-order valence-corrected chi connectivity index (χ0v) is 4.45. The first kappa shape index (κ1) is 9.70. The fourth-order valence-corrected chi connectivity index (χ4v) is 0.